The van der Waals surface area contributed by atoms with E-state index in [1.165, 1.54) is 65.6 Å². The first-order valence-corrected chi connectivity index (χ1v) is 12.0. The van der Waals surface area contributed by atoms with Gasteiger partial charge in [0.2, 0.25) is 0 Å². The van der Waals surface area contributed by atoms with E-state index in [4.69, 9.17) is 0 Å². The SMILES string of the molecule is CCCN1CCC[C@@H]2c3ccc(CC)c4c3c(c(C)n4NC(=O)N(CC)CC)C[C@H]21. The van der Waals surface area contributed by atoms with Crippen molar-refractivity contribution in [3.8, 4) is 0 Å². The summed E-state index contributed by atoms with van der Waals surface area (Å²) in [4.78, 5) is 17.5. The highest BCUT2D eigenvalue weighted by Gasteiger charge is 2.39. The summed E-state index contributed by atoms with van der Waals surface area (Å²) < 4.78 is 2.11. The number of urea groups is 1. The zero-order valence-corrected chi connectivity index (χ0v) is 19.4. The Morgan fingerprint density at radius 3 is 2.63 bits per heavy atom. The van der Waals surface area contributed by atoms with Crippen molar-refractivity contribution in [1.29, 1.82) is 0 Å². The van der Waals surface area contributed by atoms with Crippen molar-refractivity contribution < 1.29 is 4.79 Å². The zero-order valence-electron chi connectivity index (χ0n) is 19.4. The largest absolute Gasteiger partial charge is 0.336 e. The van der Waals surface area contributed by atoms with Crippen LogP contribution < -0.4 is 5.43 Å². The highest BCUT2D eigenvalue weighted by atomic mass is 16.2. The molecule has 4 rings (SSSR count). The summed E-state index contributed by atoms with van der Waals surface area (Å²) in [5.74, 6) is 0.611. The third kappa shape index (κ3) is 3.31. The number of nitrogens with zero attached hydrogens (tertiary/aromatic N) is 3. The number of carbonyl (C=O) groups is 1. The molecule has 30 heavy (non-hydrogen) atoms. The number of fused-ring (bicyclic) bond motifs is 2. The van der Waals surface area contributed by atoms with Crippen molar-refractivity contribution in [2.45, 2.75) is 78.7 Å². The Bertz CT molecular complexity index is 925. The second kappa shape index (κ2) is 8.62. The van der Waals surface area contributed by atoms with Gasteiger partial charge in [0, 0.05) is 36.1 Å². The van der Waals surface area contributed by atoms with Crippen molar-refractivity contribution in [2.75, 3.05) is 31.6 Å². The highest BCUT2D eigenvalue weighted by molar-refractivity contribution is 5.95. The van der Waals surface area contributed by atoms with E-state index in [1.54, 1.807) is 0 Å². The summed E-state index contributed by atoms with van der Waals surface area (Å²) >= 11 is 0. The maximum Gasteiger partial charge on any atom is 0.336 e. The molecule has 2 heterocycles. The molecule has 2 atom stereocenters. The van der Waals surface area contributed by atoms with Gasteiger partial charge in [-0.05, 0) is 82.7 Å². The monoisotopic (exact) mass is 410 g/mol. The maximum atomic E-state index is 12.9. The van der Waals surface area contributed by atoms with Gasteiger partial charge in [0.25, 0.3) is 0 Å². The van der Waals surface area contributed by atoms with Gasteiger partial charge in [-0.3, -0.25) is 9.58 Å². The minimum absolute atomic E-state index is 0.0109. The van der Waals surface area contributed by atoms with Crippen molar-refractivity contribution in [1.82, 2.24) is 14.5 Å². The fourth-order valence-electron chi connectivity index (χ4n) is 5.90. The van der Waals surface area contributed by atoms with E-state index in [0.29, 0.717) is 12.0 Å². The lowest BCUT2D eigenvalue weighted by Gasteiger charge is -2.44. The van der Waals surface area contributed by atoms with Crippen molar-refractivity contribution in [3.63, 3.8) is 0 Å². The van der Waals surface area contributed by atoms with Crippen LogP contribution >= 0.6 is 0 Å². The van der Waals surface area contributed by atoms with Gasteiger partial charge in [0.15, 0.2) is 0 Å². The van der Waals surface area contributed by atoms with Crippen LogP contribution in [0.15, 0.2) is 12.1 Å². The summed E-state index contributed by atoms with van der Waals surface area (Å²) in [5.41, 5.74) is 9.95. The second-order valence-electron chi connectivity index (χ2n) is 8.94. The van der Waals surface area contributed by atoms with E-state index >= 15 is 0 Å². The summed E-state index contributed by atoms with van der Waals surface area (Å²) in [6, 6.07) is 5.29. The van der Waals surface area contributed by atoms with Gasteiger partial charge in [0.1, 0.15) is 0 Å². The summed E-state index contributed by atoms with van der Waals surface area (Å²) in [6.45, 7) is 14.6. The maximum absolute atomic E-state index is 12.9. The Morgan fingerprint density at radius 1 is 1.20 bits per heavy atom. The number of carbonyl (C=O) groups excluding carboxylic acids is 1. The van der Waals surface area contributed by atoms with Gasteiger partial charge in [-0.2, -0.15) is 0 Å². The van der Waals surface area contributed by atoms with E-state index in [0.717, 1.165) is 25.9 Å². The molecule has 0 unspecified atom stereocenters. The van der Waals surface area contributed by atoms with E-state index in [9.17, 15) is 4.79 Å². The summed E-state index contributed by atoms with van der Waals surface area (Å²) in [7, 11) is 0. The lowest BCUT2D eigenvalue weighted by Crippen LogP contribution is -2.47. The Balaban J connectivity index is 1.85. The summed E-state index contributed by atoms with van der Waals surface area (Å²) in [6.07, 6.45) is 5.84. The molecule has 1 N–H and O–H groups in total. The average Bonchev–Trinajstić information content (AvgIpc) is 3.03. The number of likely N-dealkylation sites (tertiary alicyclic amines) is 1. The molecular formula is C25H38N4O. The molecule has 0 saturated carbocycles. The number of benzene rings is 1. The van der Waals surface area contributed by atoms with E-state index < -0.39 is 0 Å². The quantitative estimate of drug-likeness (QED) is 0.725. The van der Waals surface area contributed by atoms with Gasteiger partial charge >= 0.3 is 6.03 Å². The Hall–Kier alpha value is -2.01. The highest BCUT2D eigenvalue weighted by Crippen LogP contribution is 2.46. The molecule has 1 aliphatic heterocycles. The first kappa shape index (κ1) is 21.2. The zero-order chi connectivity index (χ0) is 21.4. The van der Waals surface area contributed by atoms with Gasteiger partial charge < -0.3 is 4.90 Å². The molecule has 1 saturated heterocycles. The minimum atomic E-state index is -0.0109. The fraction of sp³-hybridized carbons (Fsp3) is 0.640. The van der Waals surface area contributed by atoms with E-state index in [2.05, 4.69) is 47.9 Å². The van der Waals surface area contributed by atoms with Crippen LogP contribution in [0.5, 0.6) is 0 Å². The average molecular weight is 411 g/mol. The van der Waals surface area contributed by atoms with Crippen LogP contribution in [0.25, 0.3) is 10.9 Å². The molecule has 2 aliphatic rings. The number of rotatable bonds is 6. The molecule has 5 heteroatoms. The van der Waals surface area contributed by atoms with Gasteiger partial charge in [0.05, 0.1) is 5.52 Å². The third-order valence-corrected chi connectivity index (χ3v) is 7.45. The molecule has 5 nitrogen and oxygen atoms in total. The number of aryl methyl sites for hydroxylation is 1. The van der Waals surface area contributed by atoms with Gasteiger partial charge in [-0.15, -0.1) is 0 Å². The van der Waals surface area contributed by atoms with Crippen LogP contribution in [0.2, 0.25) is 0 Å². The van der Waals surface area contributed by atoms with Gasteiger partial charge in [-0.1, -0.05) is 26.0 Å². The minimum Gasteiger partial charge on any atom is -0.324 e. The molecule has 2 amide bonds. The predicted molar refractivity (Wildman–Crippen MR) is 125 cm³/mol. The molecule has 1 aromatic heterocycles. The normalized spacial score (nSPS) is 21.0. The fourth-order valence-corrected chi connectivity index (χ4v) is 5.90. The third-order valence-electron chi connectivity index (χ3n) is 7.45. The van der Waals surface area contributed by atoms with Crippen LogP contribution in [0, 0.1) is 6.92 Å². The molecule has 1 aromatic carbocycles. The van der Waals surface area contributed by atoms with Crippen LogP contribution in [-0.4, -0.2) is 52.7 Å². The standard InChI is InChI=1S/C25H38N4O/c1-6-14-28-15-10-11-19-20-13-12-18(7-2)24-23(20)21(16-22(19)28)17(5)29(24)26-25(30)27(8-3)9-4/h12-13,19,22H,6-11,14-16H2,1-5H3,(H,26,30)/t19-,22-/m1/s1. The van der Waals surface area contributed by atoms with E-state index in [1.807, 2.05) is 18.7 Å². The molecule has 1 aliphatic carbocycles. The molecule has 0 radical (unpaired) electrons. The van der Waals surface area contributed by atoms with Crippen LogP contribution in [-0.2, 0) is 12.8 Å². The molecular weight excluding hydrogens is 372 g/mol. The predicted octanol–water partition coefficient (Wildman–Crippen LogP) is 5.03. The number of nitrogens with one attached hydrogen (secondary N) is 1. The summed E-state index contributed by atoms with van der Waals surface area (Å²) in [5, 5.41) is 1.42. The molecule has 0 bridgehead atoms. The first-order chi connectivity index (χ1) is 14.5. The van der Waals surface area contributed by atoms with Gasteiger partial charge in [-0.25, -0.2) is 10.2 Å². The Kier molecular flexibility index (Phi) is 6.10. The number of piperidine rings is 1. The number of amides is 2. The first-order valence-electron chi connectivity index (χ1n) is 12.0. The second-order valence-corrected chi connectivity index (χ2v) is 8.94. The van der Waals surface area contributed by atoms with Crippen LogP contribution in [0.3, 0.4) is 0 Å². The molecule has 0 spiro atoms. The van der Waals surface area contributed by atoms with Crippen molar-refractivity contribution in [3.05, 3.63) is 34.5 Å². The smallest absolute Gasteiger partial charge is 0.324 e. The lowest BCUT2D eigenvalue weighted by atomic mass is 9.74. The lowest BCUT2D eigenvalue weighted by molar-refractivity contribution is 0.124. The molecule has 1 fully saturated rings. The van der Waals surface area contributed by atoms with E-state index in [-0.39, 0.29) is 6.03 Å². The molecule has 164 valence electrons. The topological polar surface area (TPSA) is 40.5 Å². The van der Waals surface area contributed by atoms with Crippen molar-refractivity contribution >= 4 is 16.9 Å². The number of aromatic nitrogens is 1. The van der Waals surface area contributed by atoms with Crippen molar-refractivity contribution in [2.24, 2.45) is 0 Å². The van der Waals surface area contributed by atoms with Crippen LogP contribution in [0.1, 0.15) is 75.3 Å². The Morgan fingerprint density at radius 2 is 1.97 bits per heavy atom. The molecule has 2 aromatic rings. The number of hydrogen-bond donors (Lipinski definition) is 1. The number of hydrogen-bond acceptors (Lipinski definition) is 2. The van der Waals surface area contributed by atoms with Crippen LogP contribution in [0.4, 0.5) is 4.79 Å². The Labute approximate surface area is 181 Å².